The van der Waals surface area contributed by atoms with Crippen LogP contribution in [0.4, 0.5) is 5.69 Å². The number of para-hydroxylation sites is 1. The molecule has 0 N–H and O–H groups in total. The fourth-order valence-corrected chi connectivity index (χ4v) is 4.08. The molecule has 3 aromatic rings. The molecule has 0 heterocycles. The van der Waals surface area contributed by atoms with E-state index in [1.54, 1.807) is 42.5 Å². The molecule has 0 saturated carbocycles. The van der Waals surface area contributed by atoms with E-state index in [-0.39, 0.29) is 11.6 Å². The van der Waals surface area contributed by atoms with Crippen LogP contribution in [-0.4, -0.2) is 22.3 Å². The van der Waals surface area contributed by atoms with Crippen molar-refractivity contribution in [2.75, 3.05) is 18.1 Å². The number of rotatable bonds is 5. The third-order valence-corrected chi connectivity index (χ3v) is 5.89. The van der Waals surface area contributed by atoms with Crippen molar-refractivity contribution in [2.45, 2.75) is 11.8 Å². The minimum Gasteiger partial charge on any atom is -0.363 e. The molecular formula is C23H21NO3S. The Morgan fingerprint density at radius 3 is 2.18 bits per heavy atom. The van der Waals surface area contributed by atoms with Crippen LogP contribution < -0.4 is 4.31 Å². The summed E-state index contributed by atoms with van der Waals surface area (Å²) in [4.78, 5) is 0.209. The van der Waals surface area contributed by atoms with Crippen LogP contribution in [0.2, 0.25) is 0 Å². The van der Waals surface area contributed by atoms with Crippen molar-refractivity contribution in [2.24, 2.45) is 0 Å². The highest BCUT2D eigenvalue weighted by molar-refractivity contribution is 7.92. The van der Waals surface area contributed by atoms with E-state index in [4.69, 9.17) is 4.74 Å². The average Bonchev–Trinajstić information content (AvgIpc) is 2.72. The number of nitrogens with zero attached hydrogens (tertiary/aromatic N) is 1. The summed E-state index contributed by atoms with van der Waals surface area (Å²) in [6, 6.07) is 23.5. The lowest BCUT2D eigenvalue weighted by atomic mass is 10.1. The second-order valence-corrected chi connectivity index (χ2v) is 8.08. The predicted molar refractivity (Wildman–Crippen MR) is 112 cm³/mol. The quantitative estimate of drug-likeness (QED) is 0.484. The highest BCUT2D eigenvalue weighted by atomic mass is 32.2. The van der Waals surface area contributed by atoms with Crippen LogP contribution >= 0.6 is 0 Å². The molecule has 28 heavy (non-hydrogen) atoms. The summed E-state index contributed by atoms with van der Waals surface area (Å²) in [6.45, 7) is 1.80. The third-order valence-electron chi connectivity index (χ3n) is 4.14. The lowest BCUT2D eigenvalue weighted by Gasteiger charge is -2.24. The highest BCUT2D eigenvalue weighted by Gasteiger charge is 2.26. The predicted octanol–water partition coefficient (Wildman–Crippen LogP) is 4.19. The number of hydrogen-bond acceptors (Lipinski definition) is 3. The molecule has 0 saturated heterocycles. The van der Waals surface area contributed by atoms with Gasteiger partial charge in [0.25, 0.3) is 10.0 Å². The zero-order valence-corrected chi connectivity index (χ0v) is 16.6. The summed E-state index contributed by atoms with van der Waals surface area (Å²) in [5.41, 5.74) is 2.94. The van der Waals surface area contributed by atoms with Gasteiger partial charge >= 0.3 is 0 Å². The molecule has 0 aliphatic heterocycles. The molecule has 0 amide bonds. The summed E-state index contributed by atoms with van der Waals surface area (Å²) in [7, 11) is -2.33. The van der Waals surface area contributed by atoms with Crippen LogP contribution in [0, 0.1) is 18.8 Å². The second kappa shape index (κ2) is 8.75. The van der Waals surface area contributed by atoms with Gasteiger partial charge in [-0.05, 0) is 43.3 Å². The molecular weight excluding hydrogens is 370 g/mol. The molecule has 3 rings (SSSR count). The van der Waals surface area contributed by atoms with E-state index < -0.39 is 10.0 Å². The summed E-state index contributed by atoms with van der Waals surface area (Å²) in [5.74, 6) is 6.17. The molecule has 0 atom stereocenters. The van der Waals surface area contributed by atoms with E-state index in [2.05, 4.69) is 11.8 Å². The van der Waals surface area contributed by atoms with Crippen LogP contribution in [0.3, 0.4) is 0 Å². The van der Waals surface area contributed by atoms with Crippen LogP contribution in [0.15, 0.2) is 83.8 Å². The summed E-state index contributed by atoms with van der Waals surface area (Å²) in [5, 5.41) is 0. The topological polar surface area (TPSA) is 46.6 Å². The number of sulfonamides is 1. The second-order valence-electron chi connectivity index (χ2n) is 6.22. The van der Waals surface area contributed by atoms with Gasteiger partial charge in [0.05, 0.1) is 10.6 Å². The average molecular weight is 391 g/mol. The number of benzene rings is 3. The molecule has 3 aromatic carbocycles. The molecule has 4 nitrogen and oxygen atoms in total. The van der Waals surface area contributed by atoms with Gasteiger partial charge in [-0.2, -0.15) is 0 Å². The van der Waals surface area contributed by atoms with Crippen molar-refractivity contribution in [1.29, 1.82) is 0 Å². The molecule has 0 aliphatic carbocycles. The van der Waals surface area contributed by atoms with Crippen molar-refractivity contribution < 1.29 is 13.2 Å². The number of anilines is 1. The first-order chi connectivity index (χ1) is 13.5. The van der Waals surface area contributed by atoms with Gasteiger partial charge in [-0.3, -0.25) is 0 Å². The van der Waals surface area contributed by atoms with Gasteiger partial charge < -0.3 is 4.74 Å². The molecule has 0 unspecified atom stereocenters. The van der Waals surface area contributed by atoms with Crippen molar-refractivity contribution in [3.8, 4) is 11.8 Å². The summed E-state index contributed by atoms with van der Waals surface area (Å²) < 4.78 is 33.0. The van der Waals surface area contributed by atoms with E-state index in [1.807, 2.05) is 43.3 Å². The zero-order chi connectivity index (χ0) is 20.0. The lowest BCUT2D eigenvalue weighted by Crippen LogP contribution is -2.33. The zero-order valence-electron chi connectivity index (χ0n) is 15.8. The Morgan fingerprint density at radius 1 is 0.857 bits per heavy atom. The molecule has 5 heteroatoms. The monoisotopic (exact) mass is 391 g/mol. The minimum atomic E-state index is -3.80. The van der Waals surface area contributed by atoms with Crippen LogP contribution in [-0.2, 0) is 14.8 Å². The van der Waals surface area contributed by atoms with E-state index in [0.29, 0.717) is 11.3 Å². The van der Waals surface area contributed by atoms with Crippen molar-refractivity contribution >= 4 is 15.7 Å². The molecule has 0 spiro atoms. The molecule has 0 fully saturated rings. The first-order valence-corrected chi connectivity index (χ1v) is 10.2. The maximum atomic E-state index is 13.3. The first kappa shape index (κ1) is 19.7. The largest absolute Gasteiger partial charge is 0.363 e. The van der Waals surface area contributed by atoms with E-state index in [0.717, 1.165) is 11.1 Å². The van der Waals surface area contributed by atoms with Gasteiger partial charge in [0.1, 0.15) is 6.73 Å². The van der Waals surface area contributed by atoms with Gasteiger partial charge in [-0.1, -0.05) is 59.9 Å². The third kappa shape index (κ3) is 4.42. The Bertz CT molecular complexity index is 1100. The standard InChI is InChI=1S/C23H21NO3S/c1-19-12-16-22(17-13-19)28(25,26)24(18-27-2)23-11-7-6-10-21(23)15-14-20-8-4-3-5-9-20/h3-13,16-17H,18H2,1-2H3. The molecule has 0 aromatic heterocycles. The molecule has 142 valence electrons. The fourth-order valence-electron chi connectivity index (χ4n) is 2.68. The number of ether oxygens (including phenoxy) is 1. The maximum absolute atomic E-state index is 13.3. The SMILES string of the molecule is COCN(c1ccccc1C#Cc1ccccc1)S(=O)(=O)c1ccc(C)cc1. The summed E-state index contributed by atoms with van der Waals surface area (Å²) in [6.07, 6.45) is 0. The van der Waals surface area contributed by atoms with E-state index in [9.17, 15) is 8.42 Å². The van der Waals surface area contributed by atoms with Crippen molar-refractivity contribution in [1.82, 2.24) is 0 Å². The van der Waals surface area contributed by atoms with Gasteiger partial charge in [-0.25, -0.2) is 12.7 Å². The maximum Gasteiger partial charge on any atom is 0.266 e. The van der Waals surface area contributed by atoms with Gasteiger partial charge in [0.2, 0.25) is 0 Å². The van der Waals surface area contributed by atoms with Gasteiger partial charge in [-0.15, -0.1) is 0 Å². The summed E-state index contributed by atoms with van der Waals surface area (Å²) >= 11 is 0. The minimum absolute atomic E-state index is 0.111. The fraction of sp³-hybridized carbons (Fsp3) is 0.130. The smallest absolute Gasteiger partial charge is 0.266 e. The van der Waals surface area contributed by atoms with Gasteiger partial charge in [0, 0.05) is 18.2 Å². The van der Waals surface area contributed by atoms with Crippen molar-refractivity contribution in [3.63, 3.8) is 0 Å². The lowest BCUT2D eigenvalue weighted by molar-refractivity contribution is 0.209. The van der Waals surface area contributed by atoms with Crippen LogP contribution in [0.25, 0.3) is 0 Å². The molecule has 0 bridgehead atoms. The Balaban J connectivity index is 2.06. The van der Waals surface area contributed by atoms with Crippen LogP contribution in [0.1, 0.15) is 16.7 Å². The Hall–Kier alpha value is -3.07. The Labute approximate surface area is 166 Å². The number of hydrogen-bond donors (Lipinski definition) is 0. The normalized spacial score (nSPS) is 10.8. The van der Waals surface area contributed by atoms with Crippen molar-refractivity contribution in [3.05, 3.63) is 95.6 Å². The number of aryl methyl sites for hydroxylation is 1. The highest BCUT2D eigenvalue weighted by Crippen LogP contribution is 2.27. The van der Waals surface area contributed by atoms with Gasteiger partial charge in [0.15, 0.2) is 0 Å². The van der Waals surface area contributed by atoms with E-state index in [1.165, 1.54) is 11.4 Å². The first-order valence-electron chi connectivity index (χ1n) is 8.77. The number of methoxy groups -OCH3 is 1. The Kier molecular flexibility index (Phi) is 6.15. The Morgan fingerprint density at radius 2 is 1.50 bits per heavy atom. The molecule has 0 aliphatic rings. The van der Waals surface area contributed by atoms with E-state index >= 15 is 0 Å². The van der Waals surface area contributed by atoms with Crippen LogP contribution in [0.5, 0.6) is 0 Å². The molecule has 0 radical (unpaired) electrons.